The van der Waals surface area contributed by atoms with Crippen molar-refractivity contribution in [3.8, 4) is 11.5 Å². The molecule has 2 rings (SSSR count). The quantitative estimate of drug-likeness (QED) is 0.870. The fraction of sp³-hybridized carbons (Fsp3) is 0.143. The molecule has 2 aromatic rings. The van der Waals surface area contributed by atoms with Crippen LogP contribution in [0.2, 0.25) is 0 Å². The van der Waals surface area contributed by atoms with Gasteiger partial charge in [0.05, 0.1) is 25.0 Å². The van der Waals surface area contributed by atoms with Crippen LogP contribution in [0, 0.1) is 11.6 Å². The zero-order valence-corrected chi connectivity index (χ0v) is 11.7. The summed E-state index contributed by atoms with van der Waals surface area (Å²) in [6.07, 6.45) is 0. The molecule has 20 heavy (non-hydrogen) atoms. The first kappa shape index (κ1) is 14.5. The van der Waals surface area contributed by atoms with Gasteiger partial charge in [-0.3, -0.25) is 0 Å². The summed E-state index contributed by atoms with van der Waals surface area (Å²) in [7, 11) is 1.00. The van der Waals surface area contributed by atoms with Gasteiger partial charge >= 0.3 is 0 Å². The van der Waals surface area contributed by atoms with Crippen molar-refractivity contribution < 1.29 is 22.5 Å². The average Bonchev–Trinajstić information content (AvgIpc) is 2.46. The van der Waals surface area contributed by atoms with Gasteiger partial charge in [0, 0.05) is 9.79 Å². The van der Waals surface area contributed by atoms with Crippen molar-refractivity contribution in [1.82, 2.24) is 0 Å². The first-order chi connectivity index (χ1) is 9.56. The van der Waals surface area contributed by atoms with Crippen LogP contribution in [-0.4, -0.2) is 18.4 Å². The summed E-state index contributed by atoms with van der Waals surface area (Å²) in [6, 6.07) is 7.92. The lowest BCUT2D eigenvalue weighted by atomic mass is 10.3. The Balaban J connectivity index is 2.36. The Morgan fingerprint density at radius 2 is 1.25 bits per heavy atom. The second-order valence-electron chi connectivity index (χ2n) is 3.86. The Morgan fingerprint density at radius 3 is 1.55 bits per heavy atom. The highest BCUT2D eigenvalue weighted by atomic mass is 32.2. The fourth-order valence-electron chi connectivity index (χ4n) is 1.66. The molecule has 0 aliphatic carbocycles. The summed E-state index contributed by atoms with van der Waals surface area (Å²) >= 11 is 0. The second-order valence-corrected chi connectivity index (χ2v) is 5.34. The largest absolute Gasteiger partial charge is 0.494 e. The molecule has 6 heteroatoms. The maximum atomic E-state index is 13.6. The van der Waals surface area contributed by atoms with Crippen LogP contribution < -0.4 is 9.47 Å². The fourth-order valence-corrected chi connectivity index (χ4v) is 2.74. The molecule has 0 radical (unpaired) electrons. The zero-order valence-electron chi connectivity index (χ0n) is 10.9. The predicted molar refractivity (Wildman–Crippen MR) is 70.6 cm³/mol. The Hall–Kier alpha value is -1.95. The van der Waals surface area contributed by atoms with E-state index in [0.717, 1.165) is 12.1 Å². The van der Waals surface area contributed by atoms with Crippen LogP contribution in [0.5, 0.6) is 11.5 Å². The molecule has 0 atom stereocenters. The molecule has 0 heterocycles. The van der Waals surface area contributed by atoms with E-state index in [-0.39, 0.29) is 21.3 Å². The molecule has 3 nitrogen and oxygen atoms in total. The van der Waals surface area contributed by atoms with Gasteiger partial charge in [0.25, 0.3) is 0 Å². The standard InChI is InChI=1S/C14H12F2O3S/c1-18-13-5-3-9(7-11(13)15)20(17)10-4-6-14(19-2)12(16)8-10/h3-8H,1-2H3. The molecule has 0 fully saturated rings. The van der Waals surface area contributed by atoms with Gasteiger partial charge in [0.2, 0.25) is 0 Å². The molecule has 2 aromatic carbocycles. The van der Waals surface area contributed by atoms with Crippen LogP contribution in [0.25, 0.3) is 0 Å². The maximum absolute atomic E-state index is 13.6. The maximum Gasteiger partial charge on any atom is 0.166 e. The molecule has 106 valence electrons. The molecule has 0 aliphatic heterocycles. The van der Waals surface area contributed by atoms with Crippen LogP contribution in [-0.2, 0) is 10.8 Å². The van der Waals surface area contributed by atoms with Gasteiger partial charge in [0.15, 0.2) is 23.1 Å². The smallest absolute Gasteiger partial charge is 0.166 e. The van der Waals surface area contributed by atoms with Crippen molar-refractivity contribution in [2.45, 2.75) is 9.79 Å². The number of halogens is 2. The minimum Gasteiger partial charge on any atom is -0.494 e. The Kier molecular flexibility index (Phi) is 4.34. The van der Waals surface area contributed by atoms with Gasteiger partial charge in [-0.2, -0.15) is 0 Å². The van der Waals surface area contributed by atoms with E-state index in [0.29, 0.717) is 0 Å². The van der Waals surface area contributed by atoms with E-state index >= 15 is 0 Å². The van der Waals surface area contributed by atoms with E-state index in [1.807, 2.05) is 0 Å². The second kappa shape index (κ2) is 6.00. The van der Waals surface area contributed by atoms with E-state index in [1.165, 1.54) is 38.5 Å². The Labute approximate surface area is 117 Å². The number of rotatable bonds is 4. The first-order valence-corrected chi connectivity index (χ1v) is 6.80. The van der Waals surface area contributed by atoms with Crippen molar-refractivity contribution in [1.29, 1.82) is 0 Å². The SMILES string of the molecule is COc1ccc(S(=O)c2ccc(OC)c(F)c2)cc1F. The van der Waals surface area contributed by atoms with Gasteiger partial charge in [-0.25, -0.2) is 13.0 Å². The number of hydrogen-bond donors (Lipinski definition) is 0. The zero-order chi connectivity index (χ0) is 14.7. The molecule has 0 aromatic heterocycles. The monoisotopic (exact) mass is 298 g/mol. The third-order valence-corrected chi connectivity index (χ3v) is 4.04. The average molecular weight is 298 g/mol. The minimum atomic E-state index is -1.68. The molecule has 0 N–H and O–H groups in total. The van der Waals surface area contributed by atoms with Crippen molar-refractivity contribution in [2.75, 3.05) is 14.2 Å². The van der Waals surface area contributed by atoms with Crippen LogP contribution >= 0.6 is 0 Å². The first-order valence-electron chi connectivity index (χ1n) is 5.65. The third kappa shape index (κ3) is 2.80. The van der Waals surface area contributed by atoms with Crippen molar-refractivity contribution in [3.05, 3.63) is 48.0 Å². The summed E-state index contributed by atoms with van der Waals surface area (Å²) < 4.78 is 49.0. The van der Waals surface area contributed by atoms with E-state index in [1.54, 1.807) is 0 Å². The number of methoxy groups -OCH3 is 2. The normalized spacial score (nSPS) is 10.7. The van der Waals surface area contributed by atoms with Gasteiger partial charge in [-0.1, -0.05) is 0 Å². The summed E-state index contributed by atoms with van der Waals surface area (Å²) in [4.78, 5) is 0.459. The minimum absolute atomic E-state index is 0.0617. The van der Waals surface area contributed by atoms with Gasteiger partial charge in [-0.05, 0) is 36.4 Å². The number of hydrogen-bond acceptors (Lipinski definition) is 3. The molecule has 0 saturated carbocycles. The summed E-state index contributed by atoms with van der Waals surface area (Å²) in [6.45, 7) is 0. The molecule has 0 spiro atoms. The van der Waals surface area contributed by atoms with E-state index in [4.69, 9.17) is 9.47 Å². The lowest BCUT2D eigenvalue weighted by molar-refractivity contribution is 0.385. The lowest BCUT2D eigenvalue weighted by Gasteiger charge is -2.07. The molecule has 0 bridgehead atoms. The van der Waals surface area contributed by atoms with Gasteiger partial charge in [0.1, 0.15) is 0 Å². The highest BCUT2D eigenvalue weighted by Crippen LogP contribution is 2.25. The van der Waals surface area contributed by atoms with E-state index in [2.05, 4.69) is 0 Å². The van der Waals surface area contributed by atoms with Crippen LogP contribution in [0.1, 0.15) is 0 Å². The highest BCUT2D eigenvalue weighted by Gasteiger charge is 2.13. The van der Waals surface area contributed by atoms with E-state index in [9.17, 15) is 13.0 Å². The van der Waals surface area contributed by atoms with E-state index < -0.39 is 22.4 Å². The molecule has 0 aliphatic rings. The third-order valence-electron chi connectivity index (χ3n) is 2.67. The molecule has 0 saturated heterocycles. The number of benzene rings is 2. The molecular formula is C14H12F2O3S. The highest BCUT2D eigenvalue weighted by molar-refractivity contribution is 7.85. The van der Waals surface area contributed by atoms with Gasteiger partial charge < -0.3 is 9.47 Å². The van der Waals surface area contributed by atoms with Crippen LogP contribution in [0.4, 0.5) is 8.78 Å². The molecule has 0 unspecified atom stereocenters. The number of ether oxygens (including phenoxy) is 2. The molecule has 0 amide bonds. The van der Waals surface area contributed by atoms with Crippen molar-refractivity contribution >= 4 is 10.8 Å². The van der Waals surface area contributed by atoms with Crippen LogP contribution in [0.3, 0.4) is 0 Å². The van der Waals surface area contributed by atoms with Crippen molar-refractivity contribution in [2.24, 2.45) is 0 Å². The summed E-state index contributed by atoms with van der Waals surface area (Å²) in [5, 5.41) is 0. The topological polar surface area (TPSA) is 35.5 Å². The Morgan fingerprint density at radius 1 is 0.850 bits per heavy atom. The van der Waals surface area contributed by atoms with Gasteiger partial charge in [-0.15, -0.1) is 0 Å². The van der Waals surface area contributed by atoms with Crippen LogP contribution in [0.15, 0.2) is 46.2 Å². The summed E-state index contributed by atoms with van der Waals surface area (Å²) in [5.74, 6) is -1.11. The van der Waals surface area contributed by atoms with Crippen molar-refractivity contribution in [3.63, 3.8) is 0 Å². The predicted octanol–water partition coefficient (Wildman–Crippen LogP) is 3.15. The lowest BCUT2D eigenvalue weighted by Crippen LogP contribution is -1.97. The molecular weight excluding hydrogens is 286 g/mol. The summed E-state index contributed by atoms with van der Waals surface area (Å²) in [5.41, 5.74) is 0. The Bertz CT molecular complexity index is 603.